The molecule has 0 spiro atoms. The maximum Gasteiger partial charge on any atom is 0.244 e. The Morgan fingerprint density at radius 3 is 2.52 bits per heavy atom. The molecular formula is C14H20N2O3S2. The van der Waals surface area contributed by atoms with Gasteiger partial charge in [0.2, 0.25) is 15.9 Å². The Morgan fingerprint density at radius 2 is 1.95 bits per heavy atom. The van der Waals surface area contributed by atoms with Crippen molar-refractivity contribution < 1.29 is 13.2 Å². The number of likely N-dealkylation sites (N-methyl/N-ethyl adjacent to an activating group) is 1. The van der Waals surface area contributed by atoms with E-state index in [1.54, 1.807) is 42.3 Å². The van der Waals surface area contributed by atoms with Crippen LogP contribution in [0.5, 0.6) is 0 Å². The highest BCUT2D eigenvalue weighted by Crippen LogP contribution is 2.29. The fourth-order valence-corrected chi connectivity index (χ4v) is 5.23. The predicted octanol–water partition coefficient (Wildman–Crippen LogP) is 1.62. The van der Waals surface area contributed by atoms with E-state index in [1.807, 2.05) is 13.8 Å². The zero-order chi connectivity index (χ0) is 15.6. The molecule has 7 heteroatoms. The van der Waals surface area contributed by atoms with Crippen LogP contribution in [0.2, 0.25) is 0 Å². The van der Waals surface area contributed by atoms with Gasteiger partial charge in [-0.25, -0.2) is 8.42 Å². The Kier molecular flexibility index (Phi) is 4.95. The highest BCUT2D eigenvalue weighted by atomic mass is 32.2. The summed E-state index contributed by atoms with van der Waals surface area (Å²) in [6.45, 7) is 3.83. The quantitative estimate of drug-likeness (QED) is 0.843. The Morgan fingerprint density at radius 1 is 1.33 bits per heavy atom. The van der Waals surface area contributed by atoms with Crippen molar-refractivity contribution in [3.63, 3.8) is 0 Å². The standard InChI is InChI=1S/C14H20N2O3S2/c1-11(2)15(3)14(17)13-9-20-10-16(13)21(18,19)12-7-5-4-6-8-12/h4-8,11,13H,9-10H2,1-3H3/t13-/m0/s1. The molecule has 1 atom stereocenters. The predicted molar refractivity (Wildman–Crippen MR) is 84.5 cm³/mol. The number of hydrogen-bond donors (Lipinski definition) is 0. The second kappa shape index (κ2) is 6.37. The molecule has 1 heterocycles. The summed E-state index contributed by atoms with van der Waals surface area (Å²) in [5.74, 6) is 0.677. The van der Waals surface area contributed by atoms with Crippen molar-refractivity contribution in [3.8, 4) is 0 Å². The maximum atomic E-state index is 12.7. The highest BCUT2D eigenvalue weighted by molar-refractivity contribution is 8.00. The molecule has 0 bridgehead atoms. The van der Waals surface area contributed by atoms with E-state index < -0.39 is 16.1 Å². The van der Waals surface area contributed by atoms with Crippen molar-refractivity contribution in [1.29, 1.82) is 0 Å². The molecule has 21 heavy (non-hydrogen) atoms. The summed E-state index contributed by atoms with van der Waals surface area (Å²) in [6.07, 6.45) is 0. The van der Waals surface area contributed by atoms with Gasteiger partial charge in [-0.2, -0.15) is 4.31 Å². The van der Waals surface area contributed by atoms with Gasteiger partial charge in [-0.15, -0.1) is 11.8 Å². The fourth-order valence-electron chi connectivity index (χ4n) is 2.08. The van der Waals surface area contributed by atoms with E-state index in [9.17, 15) is 13.2 Å². The fraction of sp³-hybridized carbons (Fsp3) is 0.500. The van der Waals surface area contributed by atoms with E-state index in [1.165, 1.54) is 16.1 Å². The first-order valence-corrected chi connectivity index (χ1v) is 9.36. The summed E-state index contributed by atoms with van der Waals surface area (Å²) in [5, 5.41) is 0. The van der Waals surface area contributed by atoms with Crippen LogP contribution < -0.4 is 0 Å². The van der Waals surface area contributed by atoms with E-state index in [0.717, 1.165) is 0 Å². The summed E-state index contributed by atoms with van der Waals surface area (Å²) in [4.78, 5) is 14.3. The van der Waals surface area contributed by atoms with Gasteiger partial charge in [0.05, 0.1) is 10.8 Å². The van der Waals surface area contributed by atoms with Gasteiger partial charge in [-0.05, 0) is 26.0 Å². The van der Waals surface area contributed by atoms with Crippen molar-refractivity contribution in [1.82, 2.24) is 9.21 Å². The first kappa shape index (κ1) is 16.3. The van der Waals surface area contributed by atoms with Crippen molar-refractivity contribution in [2.75, 3.05) is 18.7 Å². The number of nitrogens with zero attached hydrogens (tertiary/aromatic N) is 2. The molecule has 1 fully saturated rings. The Labute approximate surface area is 130 Å². The van der Waals surface area contributed by atoms with E-state index in [-0.39, 0.29) is 16.8 Å². The molecule has 2 rings (SSSR count). The van der Waals surface area contributed by atoms with Crippen molar-refractivity contribution in [3.05, 3.63) is 30.3 Å². The molecule has 1 aliphatic rings. The topological polar surface area (TPSA) is 57.7 Å². The maximum absolute atomic E-state index is 12.7. The summed E-state index contributed by atoms with van der Waals surface area (Å²) in [7, 11) is -1.92. The molecule has 0 unspecified atom stereocenters. The molecular weight excluding hydrogens is 308 g/mol. The van der Waals surface area contributed by atoms with Gasteiger partial charge in [-0.3, -0.25) is 4.79 Å². The van der Waals surface area contributed by atoms with Crippen LogP contribution in [0.1, 0.15) is 13.8 Å². The summed E-state index contributed by atoms with van der Waals surface area (Å²) in [6, 6.07) is 7.70. The van der Waals surface area contributed by atoms with Gasteiger partial charge in [0.1, 0.15) is 6.04 Å². The van der Waals surface area contributed by atoms with Gasteiger partial charge in [0.25, 0.3) is 0 Å². The van der Waals surface area contributed by atoms with Crippen LogP contribution in [0, 0.1) is 0 Å². The molecule has 0 N–H and O–H groups in total. The second-order valence-electron chi connectivity index (χ2n) is 5.26. The van der Waals surface area contributed by atoms with E-state index in [4.69, 9.17) is 0 Å². The summed E-state index contributed by atoms with van der Waals surface area (Å²) < 4.78 is 26.7. The number of benzene rings is 1. The third-order valence-corrected chi connectivity index (χ3v) is 6.64. The number of thioether (sulfide) groups is 1. The molecule has 5 nitrogen and oxygen atoms in total. The molecule has 1 aliphatic heterocycles. The van der Waals surface area contributed by atoms with Crippen molar-refractivity contribution in [2.45, 2.75) is 30.8 Å². The van der Waals surface area contributed by atoms with Gasteiger partial charge >= 0.3 is 0 Å². The van der Waals surface area contributed by atoms with E-state index >= 15 is 0 Å². The number of rotatable bonds is 4. The zero-order valence-electron chi connectivity index (χ0n) is 12.4. The van der Waals surface area contributed by atoms with Crippen LogP contribution in [-0.4, -0.2) is 54.3 Å². The number of hydrogen-bond acceptors (Lipinski definition) is 4. The lowest BCUT2D eigenvalue weighted by Crippen LogP contribution is -2.49. The van der Waals surface area contributed by atoms with Gasteiger partial charge in [0.15, 0.2) is 0 Å². The van der Waals surface area contributed by atoms with Crippen LogP contribution in [0.25, 0.3) is 0 Å². The van der Waals surface area contributed by atoms with Gasteiger partial charge in [0, 0.05) is 18.8 Å². The largest absolute Gasteiger partial charge is 0.342 e. The highest BCUT2D eigenvalue weighted by Gasteiger charge is 2.41. The molecule has 1 amide bonds. The van der Waals surface area contributed by atoms with Crippen LogP contribution in [-0.2, 0) is 14.8 Å². The first-order valence-electron chi connectivity index (χ1n) is 6.77. The number of sulfonamides is 1. The van der Waals surface area contributed by atoms with Crippen molar-refractivity contribution >= 4 is 27.7 Å². The molecule has 116 valence electrons. The minimum Gasteiger partial charge on any atom is -0.342 e. The van der Waals surface area contributed by atoms with E-state index in [2.05, 4.69) is 0 Å². The van der Waals surface area contributed by atoms with Gasteiger partial charge in [-0.1, -0.05) is 18.2 Å². The Balaban J connectivity index is 2.29. The van der Waals surface area contributed by atoms with Crippen LogP contribution >= 0.6 is 11.8 Å². The molecule has 0 aliphatic carbocycles. The molecule has 0 aromatic heterocycles. The normalized spacial score (nSPS) is 19.9. The molecule has 1 aromatic carbocycles. The van der Waals surface area contributed by atoms with Crippen molar-refractivity contribution in [2.24, 2.45) is 0 Å². The lowest BCUT2D eigenvalue weighted by molar-refractivity contribution is -0.134. The lowest BCUT2D eigenvalue weighted by Gasteiger charge is -2.29. The average molecular weight is 328 g/mol. The minimum absolute atomic E-state index is 0.0457. The third-order valence-electron chi connectivity index (χ3n) is 3.60. The number of carbonyl (C=O) groups excluding carboxylic acids is 1. The lowest BCUT2D eigenvalue weighted by atomic mass is 10.2. The summed E-state index contributed by atoms with van der Waals surface area (Å²) >= 11 is 1.47. The first-order chi connectivity index (χ1) is 9.85. The molecule has 0 saturated carbocycles. The Bertz CT molecular complexity index is 602. The monoisotopic (exact) mass is 328 g/mol. The second-order valence-corrected chi connectivity index (χ2v) is 8.15. The smallest absolute Gasteiger partial charge is 0.244 e. The van der Waals surface area contributed by atoms with Crippen LogP contribution in [0.15, 0.2) is 35.2 Å². The van der Waals surface area contributed by atoms with Gasteiger partial charge < -0.3 is 4.90 Å². The van der Waals surface area contributed by atoms with Crippen LogP contribution in [0.3, 0.4) is 0 Å². The summed E-state index contributed by atoms with van der Waals surface area (Å²) in [5.41, 5.74) is 0. The Hall–Kier alpha value is -1.05. The SMILES string of the molecule is CC(C)N(C)C(=O)[C@@H]1CSCN1S(=O)(=O)c1ccccc1. The molecule has 0 radical (unpaired) electrons. The molecule has 1 aromatic rings. The average Bonchev–Trinajstić information content (AvgIpc) is 2.96. The minimum atomic E-state index is -3.63. The number of amides is 1. The number of carbonyl (C=O) groups is 1. The zero-order valence-corrected chi connectivity index (χ0v) is 14.0. The van der Waals surface area contributed by atoms with Crippen LogP contribution in [0.4, 0.5) is 0 Å². The van der Waals surface area contributed by atoms with E-state index in [0.29, 0.717) is 11.6 Å². The molecule has 1 saturated heterocycles. The third kappa shape index (κ3) is 3.25.